The van der Waals surface area contributed by atoms with Crippen molar-refractivity contribution in [1.29, 1.82) is 0 Å². The van der Waals surface area contributed by atoms with E-state index in [1.54, 1.807) is 0 Å². The Morgan fingerprint density at radius 2 is 1.87 bits per heavy atom. The quantitative estimate of drug-likeness (QED) is 0.686. The first-order chi connectivity index (χ1) is 15.1. The molecule has 1 fully saturated rings. The fourth-order valence-electron chi connectivity index (χ4n) is 4.42. The summed E-state index contributed by atoms with van der Waals surface area (Å²) < 4.78 is 5.55. The molecule has 0 aliphatic carbocycles. The van der Waals surface area contributed by atoms with Gasteiger partial charge >= 0.3 is 0 Å². The lowest BCUT2D eigenvalue weighted by Gasteiger charge is -2.35. The Bertz CT molecular complexity index is 1130. The van der Waals surface area contributed by atoms with Crippen molar-refractivity contribution in [2.24, 2.45) is 0 Å². The van der Waals surface area contributed by atoms with Gasteiger partial charge in [-0.05, 0) is 54.3 Å². The van der Waals surface area contributed by atoms with Gasteiger partial charge in [-0.15, -0.1) is 0 Å². The minimum absolute atomic E-state index is 0.0117. The zero-order chi connectivity index (χ0) is 21.4. The van der Waals surface area contributed by atoms with Crippen LogP contribution in [0.3, 0.4) is 0 Å². The molecule has 2 aromatic carbocycles. The number of pyridine rings is 1. The summed E-state index contributed by atoms with van der Waals surface area (Å²) >= 11 is 0. The van der Waals surface area contributed by atoms with Gasteiger partial charge in [-0.1, -0.05) is 24.3 Å². The van der Waals surface area contributed by atoms with Crippen molar-refractivity contribution < 1.29 is 9.53 Å². The van der Waals surface area contributed by atoms with Gasteiger partial charge in [0.2, 0.25) is 0 Å². The van der Waals surface area contributed by atoms with E-state index < -0.39 is 0 Å². The van der Waals surface area contributed by atoms with Gasteiger partial charge in [-0.2, -0.15) is 0 Å². The normalized spacial score (nSPS) is 18.4. The number of nitrogen functional groups attached to an aromatic ring is 1. The number of nitrogens with zero attached hydrogens (tertiary/aromatic N) is 2. The molecule has 158 valence electrons. The third-order valence-electron chi connectivity index (χ3n) is 6.16. The van der Waals surface area contributed by atoms with Crippen LogP contribution in [0.1, 0.15) is 22.8 Å². The lowest BCUT2D eigenvalue weighted by Crippen LogP contribution is -2.43. The van der Waals surface area contributed by atoms with Crippen molar-refractivity contribution in [1.82, 2.24) is 10.3 Å². The highest BCUT2D eigenvalue weighted by atomic mass is 16.5. The highest BCUT2D eigenvalue weighted by Crippen LogP contribution is 2.32. The topological polar surface area (TPSA) is 80.5 Å². The molecule has 3 heterocycles. The standard InChI is InChI=1S/C25H26N4O2/c1-16-15-31-11-10-29(16)21-5-2-17(3-6-21)20-13-23(24(26)28-14-20)18-4-7-22-19(12-18)8-9-27-25(22)30/h2-7,12-14,16H,8-11,15H2,1H3,(H2,26,28)(H,27,30)/t16-/m0/s1. The van der Waals surface area contributed by atoms with E-state index in [1.165, 1.54) is 5.69 Å². The van der Waals surface area contributed by atoms with Crippen LogP contribution in [0.2, 0.25) is 0 Å². The van der Waals surface area contributed by atoms with Gasteiger partial charge in [0.05, 0.1) is 13.2 Å². The van der Waals surface area contributed by atoms with E-state index in [2.05, 4.69) is 58.5 Å². The van der Waals surface area contributed by atoms with Crippen LogP contribution in [0.5, 0.6) is 0 Å². The second kappa shape index (κ2) is 8.04. The van der Waals surface area contributed by atoms with Crippen molar-refractivity contribution in [3.63, 3.8) is 0 Å². The molecule has 0 bridgehead atoms. The van der Waals surface area contributed by atoms with Crippen LogP contribution in [-0.4, -0.2) is 43.2 Å². The molecule has 0 spiro atoms. The molecule has 0 unspecified atom stereocenters. The number of benzene rings is 2. The number of hydrogen-bond donors (Lipinski definition) is 2. The van der Waals surface area contributed by atoms with E-state index in [1.807, 2.05) is 18.3 Å². The molecule has 31 heavy (non-hydrogen) atoms. The van der Waals surface area contributed by atoms with Crippen molar-refractivity contribution in [3.8, 4) is 22.3 Å². The fraction of sp³-hybridized carbons (Fsp3) is 0.280. The number of aromatic nitrogens is 1. The monoisotopic (exact) mass is 414 g/mol. The lowest BCUT2D eigenvalue weighted by molar-refractivity contribution is 0.0946. The first kappa shape index (κ1) is 19.6. The van der Waals surface area contributed by atoms with E-state index in [4.69, 9.17) is 10.5 Å². The van der Waals surface area contributed by atoms with E-state index >= 15 is 0 Å². The molecule has 3 N–H and O–H groups in total. The molecule has 1 atom stereocenters. The molecule has 6 heteroatoms. The number of rotatable bonds is 3. The third kappa shape index (κ3) is 3.75. The average Bonchev–Trinajstić information content (AvgIpc) is 2.80. The van der Waals surface area contributed by atoms with Gasteiger partial charge in [-0.25, -0.2) is 4.98 Å². The summed E-state index contributed by atoms with van der Waals surface area (Å²) in [4.78, 5) is 18.9. The van der Waals surface area contributed by atoms with Crippen molar-refractivity contribution >= 4 is 17.4 Å². The van der Waals surface area contributed by atoms with Gasteiger partial charge < -0.3 is 20.7 Å². The van der Waals surface area contributed by atoms with E-state index in [-0.39, 0.29) is 5.91 Å². The minimum Gasteiger partial charge on any atom is -0.383 e. The number of carbonyl (C=O) groups excluding carboxylic acids is 1. The molecule has 1 amide bonds. The third-order valence-corrected chi connectivity index (χ3v) is 6.16. The zero-order valence-electron chi connectivity index (χ0n) is 17.6. The maximum atomic E-state index is 12.0. The van der Waals surface area contributed by atoms with Crippen LogP contribution < -0.4 is 16.0 Å². The predicted molar refractivity (Wildman–Crippen MR) is 123 cm³/mol. The molecule has 3 aromatic rings. The smallest absolute Gasteiger partial charge is 0.251 e. The Morgan fingerprint density at radius 3 is 2.68 bits per heavy atom. The van der Waals surface area contributed by atoms with E-state index in [9.17, 15) is 4.79 Å². The summed E-state index contributed by atoms with van der Waals surface area (Å²) in [6, 6.07) is 16.9. The first-order valence-electron chi connectivity index (χ1n) is 10.7. The summed E-state index contributed by atoms with van der Waals surface area (Å²) in [5.74, 6) is 0.477. The van der Waals surface area contributed by atoms with Gasteiger partial charge in [0, 0.05) is 47.7 Å². The largest absolute Gasteiger partial charge is 0.383 e. The zero-order valence-corrected chi connectivity index (χ0v) is 17.6. The highest BCUT2D eigenvalue weighted by molar-refractivity contribution is 5.97. The van der Waals surface area contributed by atoms with Crippen LogP contribution in [0.15, 0.2) is 54.7 Å². The van der Waals surface area contributed by atoms with Gasteiger partial charge in [-0.3, -0.25) is 4.79 Å². The molecule has 0 saturated carbocycles. The Labute approximate surface area is 182 Å². The molecule has 5 rings (SSSR count). The number of morpholine rings is 1. The lowest BCUT2D eigenvalue weighted by atomic mass is 9.94. The summed E-state index contributed by atoms with van der Waals surface area (Å²) in [5, 5.41) is 2.88. The Hall–Kier alpha value is -3.38. The van der Waals surface area contributed by atoms with E-state index in [0.717, 1.165) is 59.6 Å². The molecule has 2 aliphatic heterocycles. The summed E-state index contributed by atoms with van der Waals surface area (Å²) in [6.45, 7) is 5.28. The maximum absolute atomic E-state index is 12.0. The molecular weight excluding hydrogens is 388 g/mol. The first-order valence-corrected chi connectivity index (χ1v) is 10.7. The van der Waals surface area contributed by atoms with Crippen LogP contribution in [-0.2, 0) is 11.2 Å². The fourth-order valence-corrected chi connectivity index (χ4v) is 4.42. The van der Waals surface area contributed by atoms with Crippen LogP contribution in [0, 0.1) is 0 Å². The van der Waals surface area contributed by atoms with Crippen molar-refractivity contribution in [3.05, 3.63) is 65.9 Å². The summed E-state index contributed by atoms with van der Waals surface area (Å²) in [7, 11) is 0. The second-order valence-corrected chi connectivity index (χ2v) is 8.20. The maximum Gasteiger partial charge on any atom is 0.251 e. The molecule has 6 nitrogen and oxygen atoms in total. The van der Waals surface area contributed by atoms with Crippen LogP contribution >= 0.6 is 0 Å². The Balaban J connectivity index is 1.46. The van der Waals surface area contributed by atoms with Crippen molar-refractivity contribution in [2.45, 2.75) is 19.4 Å². The molecule has 1 saturated heterocycles. The molecular formula is C25H26N4O2. The highest BCUT2D eigenvalue weighted by Gasteiger charge is 2.20. The minimum atomic E-state index is -0.0117. The number of hydrogen-bond acceptors (Lipinski definition) is 5. The van der Waals surface area contributed by atoms with Crippen LogP contribution in [0.25, 0.3) is 22.3 Å². The molecule has 0 radical (unpaired) electrons. The van der Waals surface area contributed by atoms with Crippen LogP contribution in [0.4, 0.5) is 11.5 Å². The predicted octanol–water partition coefficient (Wildman–Crippen LogP) is 3.51. The average molecular weight is 415 g/mol. The number of carbonyl (C=O) groups is 1. The SMILES string of the molecule is C[C@H]1COCCN1c1ccc(-c2cnc(N)c(-c3ccc4c(c3)CCNC4=O)c2)cc1. The summed E-state index contributed by atoms with van der Waals surface area (Å²) in [6.07, 6.45) is 2.64. The Morgan fingerprint density at radius 1 is 1.06 bits per heavy atom. The number of amides is 1. The molecule has 1 aromatic heterocycles. The number of ether oxygens (including phenoxy) is 1. The number of fused-ring (bicyclic) bond motifs is 1. The second-order valence-electron chi connectivity index (χ2n) is 8.20. The van der Waals surface area contributed by atoms with Gasteiger partial charge in [0.15, 0.2) is 0 Å². The number of nitrogens with two attached hydrogens (primary N) is 1. The molecule has 2 aliphatic rings. The summed E-state index contributed by atoms with van der Waals surface area (Å²) in [5.41, 5.74) is 13.2. The number of anilines is 2. The van der Waals surface area contributed by atoms with Gasteiger partial charge in [0.25, 0.3) is 5.91 Å². The van der Waals surface area contributed by atoms with Gasteiger partial charge in [0.1, 0.15) is 5.82 Å². The van der Waals surface area contributed by atoms with E-state index in [0.29, 0.717) is 18.4 Å². The Kier molecular flexibility index (Phi) is 5.08. The van der Waals surface area contributed by atoms with Crippen molar-refractivity contribution in [2.75, 3.05) is 36.9 Å². The number of nitrogens with one attached hydrogen (secondary N) is 1.